The molecule has 15 heteroatoms. The largest absolute Gasteiger partial charge is 0.385 e. The number of benzene rings is 1. The number of nitrogens with zero attached hydrogens (tertiary/aromatic N) is 7. The molecule has 4 aromatic rings. The fourth-order valence-corrected chi connectivity index (χ4v) is 11.7. The molecule has 7 heterocycles. The van der Waals surface area contributed by atoms with Gasteiger partial charge in [-0.3, -0.25) is 38.8 Å². The monoisotopic (exact) mass is 869 g/mol. The Balaban J connectivity index is 0.697. The first kappa shape index (κ1) is 42.6. The molecule has 15 nitrogen and oxygen atoms in total. The van der Waals surface area contributed by atoms with E-state index in [1.54, 1.807) is 21.7 Å². The van der Waals surface area contributed by atoms with E-state index in [1.165, 1.54) is 38.2 Å². The first-order valence-corrected chi connectivity index (χ1v) is 23.5. The van der Waals surface area contributed by atoms with Crippen molar-refractivity contribution in [3.8, 4) is 0 Å². The molecule has 2 saturated heterocycles. The Hall–Kier alpha value is -5.38. The van der Waals surface area contributed by atoms with E-state index in [4.69, 9.17) is 9.97 Å². The molecule has 4 aliphatic heterocycles. The second-order valence-electron chi connectivity index (χ2n) is 19.5. The topological polar surface area (TPSA) is 183 Å². The van der Waals surface area contributed by atoms with Gasteiger partial charge in [-0.15, -0.1) is 0 Å². The lowest BCUT2D eigenvalue weighted by atomic mass is 9.80. The highest BCUT2D eigenvalue weighted by Gasteiger charge is 2.41. The molecule has 1 unspecified atom stereocenters. The molecule has 1 atom stereocenters. The zero-order valence-electron chi connectivity index (χ0n) is 37.0. The number of pyridine rings is 2. The summed E-state index contributed by atoms with van der Waals surface area (Å²) in [4.78, 5) is 84.7. The first-order chi connectivity index (χ1) is 30.9. The van der Waals surface area contributed by atoms with E-state index in [-0.39, 0.29) is 41.2 Å². The quantitative estimate of drug-likeness (QED) is 0.135. The number of rotatable bonds is 10. The number of nitrogens with one attached hydrogen (secondary N) is 2. The highest BCUT2D eigenvalue weighted by atomic mass is 16.3. The molecule has 4 fully saturated rings. The molecule has 3 aromatic heterocycles. The summed E-state index contributed by atoms with van der Waals surface area (Å²) in [6.45, 7) is 9.23. The number of amides is 3. The van der Waals surface area contributed by atoms with Gasteiger partial charge in [0.2, 0.25) is 17.8 Å². The highest BCUT2D eigenvalue weighted by Crippen LogP contribution is 2.39. The summed E-state index contributed by atoms with van der Waals surface area (Å²) in [5, 5.41) is 18.2. The molecule has 10 rings (SSSR count). The van der Waals surface area contributed by atoms with Gasteiger partial charge >= 0.3 is 0 Å². The van der Waals surface area contributed by atoms with E-state index in [0.717, 1.165) is 93.6 Å². The summed E-state index contributed by atoms with van der Waals surface area (Å²) < 4.78 is 1.74. The highest BCUT2D eigenvalue weighted by molar-refractivity contribution is 6.05. The average Bonchev–Trinajstić information content (AvgIpc) is 3.93. The molecule has 2 saturated carbocycles. The minimum Gasteiger partial charge on any atom is -0.385 e. The molecule has 64 heavy (non-hydrogen) atoms. The SMILES string of the molecule is CC(=O)c1c(C)c2cnc(Nc3ccc4c(n3)CCN(CC3CCC(CN5CCC(O)(c6ccc7c(c6)CN(C6CCC(=O)NC6=O)C7=O)CC5)CC3)C4)nc2n(C2CCCC2)c1=O. The van der Waals surface area contributed by atoms with Crippen molar-refractivity contribution in [2.24, 2.45) is 11.8 Å². The molecule has 0 spiro atoms. The first-order valence-electron chi connectivity index (χ1n) is 23.5. The summed E-state index contributed by atoms with van der Waals surface area (Å²) in [6.07, 6.45) is 13.2. The second-order valence-corrected chi connectivity index (χ2v) is 19.5. The van der Waals surface area contributed by atoms with Crippen LogP contribution in [0.15, 0.2) is 41.3 Å². The number of carbonyl (C=O) groups excluding carboxylic acids is 4. The molecule has 3 N–H and O–H groups in total. The second kappa shape index (κ2) is 17.2. The summed E-state index contributed by atoms with van der Waals surface area (Å²) in [7, 11) is 0. The number of hydrogen-bond acceptors (Lipinski definition) is 12. The number of carbonyl (C=O) groups is 4. The van der Waals surface area contributed by atoms with Gasteiger partial charge in [0.05, 0.1) is 11.2 Å². The number of fused-ring (bicyclic) bond motifs is 3. The van der Waals surface area contributed by atoms with Gasteiger partial charge in [0.15, 0.2) is 5.78 Å². The van der Waals surface area contributed by atoms with Crippen molar-refractivity contribution in [3.63, 3.8) is 0 Å². The van der Waals surface area contributed by atoms with E-state index in [2.05, 4.69) is 31.5 Å². The van der Waals surface area contributed by atoms with Crippen molar-refractivity contribution in [2.75, 3.05) is 38.0 Å². The molecular formula is C49H59N9O6. The van der Waals surface area contributed by atoms with Crippen LogP contribution in [0.1, 0.15) is 139 Å². The van der Waals surface area contributed by atoms with E-state index < -0.39 is 17.6 Å². The van der Waals surface area contributed by atoms with Crippen LogP contribution in [-0.2, 0) is 34.7 Å². The number of likely N-dealkylation sites (tertiary alicyclic amines) is 1. The molecule has 3 amide bonds. The summed E-state index contributed by atoms with van der Waals surface area (Å²) >= 11 is 0. The maximum atomic E-state index is 13.7. The third-order valence-electron chi connectivity index (χ3n) is 15.4. The van der Waals surface area contributed by atoms with E-state index in [1.807, 2.05) is 25.1 Å². The lowest BCUT2D eigenvalue weighted by molar-refractivity contribution is -0.136. The predicted octanol–water partition coefficient (Wildman–Crippen LogP) is 5.47. The zero-order valence-corrected chi connectivity index (χ0v) is 37.0. The van der Waals surface area contributed by atoms with Crippen LogP contribution < -0.4 is 16.2 Å². The maximum Gasteiger partial charge on any atom is 0.263 e. The van der Waals surface area contributed by atoms with Crippen LogP contribution in [0.2, 0.25) is 0 Å². The third-order valence-corrected chi connectivity index (χ3v) is 15.4. The van der Waals surface area contributed by atoms with Gasteiger partial charge < -0.3 is 20.2 Å². The molecule has 336 valence electrons. The van der Waals surface area contributed by atoms with Gasteiger partial charge in [0.25, 0.3) is 11.5 Å². The lowest BCUT2D eigenvalue weighted by Crippen LogP contribution is -2.52. The van der Waals surface area contributed by atoms with Crippen LogP contribution in [0.3, 0.4) is 0 Å². The summed E-state index contributed by atoms with van der Waals surface area (Å²) in [5.41, 5.74) is 4.79. The lowest BCUT2D eigenvalue weighted by Gasteiger charge is -2.41. The van der Waals surface area contributed by atoms with Crippen LogP contribution in [0.25, 0.3) is 11.0 Å². The van der Waals surface area contributed by atoms with Gasteiger partial charge in [-0.05, 0) is 118 Å². The Morgan fingerprint density at radius 1 is 0.859 bits per heavy atom. The van der Waals surface area contributed by atoms with Crippen molar-refractivity contribution in [3.05, 3.63) is 86.0 Å². The van der Waals surface area contributed by atoms with Crippen LogP contribution >= 0.6 is 0 Å². The smallest absolute Gasteiger partial charge is 0.263 e. The molecule has 6 aliphatic rings. The number of aliphatic hydroxyl groups is 1. The molecule has 1 aromatic carbocycles. The van der Waals surface area contributed by atoms with Gasteiger partial charge in [-0.25, -0.2) is 9.97 Å². The number of hydrogen-bond donors (Lipinski definition) is 3. The number of imide groups is 1. The van der Waals surface area contributed by atoms with E-state index in [9.17, 15) is 29.1 Å². The van der Waals surface area contributed by atoms with Gasteiger partial charge in [0.1, 0.15) is 17.5 Å². The number of Topliss-reactive ketones (excluding diaryl/α,β-unsaturated/α-hetero) is 1. The van der Waals surface area contributed by atoms with Crippen molar-refractivity contribution >= 4 is 46.3 Å². The van der Waals surface area contributed by atoms with Crippen molar-refractivity contribution in [2.45, 2.75) is 128 Å². The fourth-order valence-electron chi connectivity index (χ4n) is 11.7. The van der Waals surface area contributed by atoms with E-state index >= 15 is 0 Å². The summed E-state index contributed by atoms with van der Waals surface area (Å²) in [5.74, 6) is 1.26. The van der Waals surface area contributed by atoms with Crippen LogP contribution in [0, 0.1) is 18.8 Å². The number of ketones is 1. The Bertz CT molecular complexity index is 2590. The van der Waals surface area contributed by atoms with Crippen LogP contribution in [0.4, 0.5) is 11.8 Å². The predicted molar refractivity (Wildman–Crippen MR) is 240 cm³/mol. The number of aromatic nitrogens is 4. The van der Waals surface area contributed by atoms with Crippen LogP contribution in [0.5, 0.6) is 0 Å². The Labute approximate surface area is 373 Å². The molecule has 2 aliphatic carbocycles. The standard InChI is InChI=1S/C49H59N9O6/c1-29-38-24-50-48(54-44(38)58(36-5-3-4-6-36)47(63)43(29)30(2)59)52-41-15-11-33-27-56(20-17-39(33)51-41)26-32-9-7-31(8-10-32)25-55-21-18-49(64,19-22-55)35-12-13-37-34(23-35)28-57(46(37)62)40-14-16-42(60)53-45(40)61/h11-13,15,23-24,31-32,36,40,64H,3-10,14,16-22,25-28H2,1-2H3,(H,53,60,61)(H,50,51,52,54). The zero-order chi connectivity index (χ0) is 44.3. The van der Waals surface area contributed by atoms with E-state index in [0.29, 0.717) is 66.2 Å². The Kier molecular flexibility index (Phi) is 11.4. The van der Waals surface area contributed by atoms with Crippen molar-refractivity contribution < 1.29 is 24.3 Å². The van der Waals surface area contributed by atoms with Gasteiger partial charge in [-0.1, -0.05) is 31.0 Å². The third kappa shape index (κ3) is 8.15. The normalized spacial score (nSPS) is 24.2. The Morgan fingerprint density at radius 2 is 1.59 bits per heavy atom. The number of anilines is 2. The van der Waals surface area contributed by atoms with Crippen LogP contribution in [-0.4, -0.2) is 102 Å². The van der Waals surface area contributed by atoms with Crippen molar-refractivity contribution in [1.29, 1.82) is 0 Å². The Morgan fingerprint density at radius 3 is 2.31 bits per heavy atom. The molecule has 0 bridgehead atoms. The number of piperidine rings is 2. The molecule has 0 radical (unpaired) electrons. The minimum absolute atomic E-state index is 0.0199. The van der Waals surface area contributed by atoms with Gasteiger partial charge in [0, 0.05) is 87.5 Å². The van der Waals surface area contributed by atoms with Gasteiger partial charge in [-0.2, -0.15) is 4.98 Å². The minimum atomic E-state index is -0.953. The summed E-state index contributed by atoms with van der Waals surface area (Å²) in [6, 6.07) is 9.15. The molecular weight excluding hydrogens is 811 g/mol. The van der Waals surface area contributed by atoms with Crippen molar-refractivity contribution in [1.82, 2.24) is 39.5 Å². The fraction of sp³-hybridized carbons (Fsp3) is 0.551. The maximum absolute atomic E-state index is 13.7. The number of aryl methyl sites for hydroxylation is 1. The average molecular weight is 870 g/mol.